The minimum atomic E-state index is 0.234. The standard InChI is InChI=1S/C11H17N3/c1-2-14-7-8(6-13-14)10(12)9-5-11(9)3-4-11/h6-7,9-10H,2-5,12H2,1H3. The minimum Gasteiger partial charge on any atom is -0.324 e. The molecule has 14 heavy (non-hydrogen) atoms. The van der Waals surface area contributed by atoms with Gasteiger partial charge in [-0.15, -0.1) is 0 Å². The van der Waals surface area contributed by atoms with Crippen molar-refractivity contribution in [3.63, 3.8) is 0 Å². The Bertz CT molecular complexity index is 351. The van der Waals surface area contributed by atoms with Gasteiger partial charge in [0.15, 0.2) is 0 Å². The number of hydrogen-bond donors (Lipinski definition) is 1. The molecule has 0 bridgehead atoms. The van der Waals surface area contributed by atoms with Crippen molar-refractivity contribution in [2.24, 2.45) is 17.1 Å². The van der Waals surface area contributed by atoms with Gasteiger partial charge >= 0.3 is 0 Å². The molecule has 1 heterocycles. The number of hydrogen-bond acceptors (Lipinski definition) is 2. The molecular weight excluding hydrogens is 174 g/mol. The van der Waals surface area contributed by atoms with Gasteiger partial charge in [0.25, 0.3) is 0 Å². The van der Waals surface area contributed by atoms with Crippen molar-refractivity contribution in [2.75, 3.05) is 0 Å². The number of aryl methyl sites for hydroxylation is 1. The highest BCUT2D eigenvalue weighted by Crippen LogP contribution is 2.73. The van der Waals surface area contributed by atoms with E-state index in [1.165, 1.54) is 24.8 Å². The van der Waals surface area contributed by atoms with Gasteiger partial charge < -0.3 is 5.73 Å². The number of nitrogens with zero attached hydrogens (tertiary/aromatic N) is 2. The summed E-state index contributed by atoms with van der Waals surface area (Å²) in [7, 11) is 0. The maximum absolute atomic E-state index is 6.23. The first-order chi connectivity index (χ1) is 6.75. The minimum absolute atomic E-state index is 0.234. The first-order valence-electron chi connectivity index (χ1n) is 5.53. The molecule has 1 spiro atoms. The van der Waals surface area contributed by atoms with E-state index < -0.39 is 0 Å². The number of nitrogens with two attached hydrogens (primary N) is 1. The molecule has 0 saturated heterocycles. The topological polar surface area (TPSA) is 43.8 Å². The van der Waals surface area contributed by atoms with Gasteiger partial charge in [-0.1, -0.05) is 0 Å². The summed E-state index contributed by atoms with van der Waals surface area (Å²) >= 11 is 0. The fraction of sp³-hybridized carbons (Fsp3) is 0.727. The van der Waals surface area contributed by atoms with Crippen molar-refractivity contribution >= 4 is 0 Å². The Balaban J connectivity index is 1.75. The molecule has 2 fully saturated rings. The Morgan fingerprint density at radius 2 is 2.50 bits per heavy atom. The van der Waals surface area contributed by atoms with Crippen LogP contribution in [0.25, 0.3) is 0 Å². The van der Waals surface area contributed by atoms with Crippen LogP contribution in [-0.4, -0.2) is 9.78 Å². The predicted octanol–water partition coefficient (Wildman–Crippen LogP) is 1.70. The van der Waals surface area contributed by atoms with Crippen molar-refractivity contribution in [1.82, 2.24) is 9.78 Å². The molecule has 0 aromatic carbocycles. The quantitative estimate of drug-likeness (QED) is 0.790. The number of rotatable bonds is 3. The van der Waals surface area contributed by atoms with Crippen molar-refractivity contribution in [1.29, 1.82) is 0 Å². The second-order valence-electron chi connectivity index (χ2n) is 4.83. The molecule has 2 unspecified atom stereocenters. The maximum atomic E-state index is 6.23. The molecule has 2 atom stereocenters. The average molecular weight is 191 g/mol. The van der Waals surface area contributed by atoms with Crippen LogP contribution < -0.4 is 5.73 Å². The second-order valence-corrected chi connectivity index (χ2v) is 4.83. The Labute approximate surface area is 84.3 Å². The smallest absolute Gasteiger partial charge is 0.0537 e. The highest BCUT2D eigenvalue weighted by molar-refractivity contribution is 5.22. The first kappa shape index (κ1) is 8.48. The van der Waals surface area contributed by atoms with Gasteiger partial charge in [-0.2, -0.15) is 5.10 Å². The lowest BCUT2D eigenvalue weighted by Gasteiger charge is -2.07. The van der Waals surface area contributed by atoms with Crippen LogP contribution in [0.15, 0.2) is 12.4 Å². The van der Waals surface area contributed by atoms with E-state index in [0.29, 0.717) is 5.41 Å². The lowest BCUT2D eigenvalue weighted by Crippen LogP contribution is -2.13. The second kappa shape index (κ2) is 2.60. The molecule has 3 rings (SSSR count). The summed E-state index contributed by atoms with van der Waals surface area (Å²) in [6.07, 6.45) is 8.20. The van der Waals surface area contributed by atoms with E-state index in [-0.39, 0.29) is 6.04 Å². The van der Waals surface area contributed by atoms with E-state index >= 15 is 0 Å². The molecule has 1 aromatic heterocycles. The van der Waals surface area contributed by atoms with E-state index in [0.717, 1.165) is 12.5 Å². The molecule has 2 saturated carbocycles. The van der Waals surface area contributed by atoms with Crippen LogP contribution in [0.2, 0.25) is 0 Å². The van der Waals surface area contributed by atoms with Gasteiger partial charge in [0.1, 0.15) is 0 Å². The van der Waals surface area contributed by atoms with Crippen LogP contribution >= 0.6 is 0 Å². The van der Waals surface area contributed by atoms with Gasteiger partial charge in [0, 0.05) is 24.3 Å². The third-order valence-electron chi connectivity index (χ3n) is 3.94. The summed E-state index contributed by atoms with van der Waals surface area (Å²) in [5, 5.41) is 4.27. The monoisotopic (exact) mass is 191 g/mol. The van der Waals surface area contributed by atoms with Gasteiger partial charge in [-0.05, 0) is 37.5 Å². The van der Waals surface area contributed by atoms with Crippen LogP contribution in [0, 0.1) is 11.3 Å². The SMILES string of the molecule is CCn1cc(C(N)C2CC23CC3)cn1. The highest BCUT2D eigenvalue weighted by atomic mass is 15.3. The molecular formula is C11H17N3. The van der Waals surface area contributed by atoms with Crippen molar-refractivity contribution in [2.45, 2.75) is 38.8 Å². The van der Waals surface area contributed by atoms with Crippen molar-refractivity contribution < 1.29 is 0 Å². The molecule has 2 aliphatic carbocycles. The van der Waals surface area contributed by atoms with Gasteiger partial charge in [0.05, 0.1) is 6.20 Å². The van der Waals surface area contributed by atoms with E-state index in [2.05, 4.69) is 18.2 Å². The van der Waals surface area contributed by atoms with Crippen LogP contribution in [0.5, 0.6) is 0 Å². The van der Waals surface area contributed by atoms with Crippen LogP contribution in [0.4, 0.5) is 0 Å². The lowest BCUT2D eigenvalue weighted by molar-refractivity contribution is 0.569. The fourth-order valence-electron chi connectivity index (χ4n) is 2.58. The summed E-state index contributed by atoms with van der Waals surface area (Å²) in [5.41, 5.74) is 8.14. The molecule has 2 aliphatic rings. The number of aromatic nitrogens is 2. The molecule has 0 aliphatic heterocycles. The lowest BCUT2D eigenvalue weighted by atomic mass is 10.1. The largest absolute Gasteiger partial charge is 0.324 e. The summed E-state index contributed by atoms with van der Waals surface area (Å²) in [6.45, 7) is 3.03. The van der Waals surface area contributed by atoms with Gasteiger partial charge in [-0.3, -0.25) is 4.68 Å². The van der Waals surface area contributed by atoms with Crippen LogP contribution in [-0.2, 0) is 6.54 Å². The van der Waals surface area contributed by atoms with Crippen LogP contribution in [0.1, 0.15) is 37.8 Å². The summed E-state index contributed by atoms with van der Waals surface area (Å²) in [5.74, 6) is 0.747. The normalized spacial score (nSPS) is 29.1. The highest BCUT2D eigenvalue weighted by Gasteiger charge is 2.64. The zero-order valence-corrected chi connectivity index (χ0v) is 8.61. The third kappa shape index (κ3) is 1.12. The summed E-state index contributed by atoms with van der Waals surface area (Å²) in [6, 6.07) is 0.234. The van der Waals surface area contributed by atoms with Crippen molar-refractivity contribution in [3.05, 3.63) is 18.0 Å². The molecule has 0 amide bonds. The van der Waals surface area contributed by atoms with Crippen molar-refractivity contribution in [3.8, 4) is 0 Å². The van der Waals surface area contributed by atoms with E-state index in [9.17, 15) is 0 Å². The Morgan fingerprint density at radius 1 is 1.71 bits per heavy atom. The fourth-order valence-corrected chi connectivity index (χ4v) is 2.58. The Hall–Kier alpha value is -0.830. The summed E-state index contributed by atoms with van der Waals surface area (Å²) < 4.78 is 1.96. The van der Waals surface area contributed by atoms with E-state index in [4.69, 9.17) is 5.73 Å². The Morgan fingerprint density at radius 3 is 3.00 bits per heavy atom. The van der Waals surface area contributed by atoms with Gasteiger partial charge in [0.2, 0.25) is 0 Å². The molecule has 0 radical (unpaired) electrons. The average Bonchev–Trinajstić information content (AvgIpc) is 3.08. The zero-order valence-electron chi connectivity index (χ0n) is 8.61. The zero-order chi connectivity index (χ0) is 9.76. The van der Waals surface area contributed by atoms with Gasteiger partial charge in [-0.25, -0.2) is 0 Å². The van der Waals surface area contributed by atoms with E-state index in [1.807, 2.05) is 10.9 Å². The molecule has 2 N–H and O–H groups in total. The molecule has 3 heteroatoms. The third-order valence-corrected chi connectivity index (χ3v) is 3.94. The van der Waals surface area contributed by atoms with E-state index in [1.54, 1.807) is 0 Å². The molecule has 76 valence electrons. The summed E-state index contributed by atoms with van der Waals surface area (Å²) in [4.78, 5) is 0. The molecule has 3 nitrogen and oxygen atoms in total. The Kier molecular flexibility index (Phi) is 1.57. The predicted molar refractivity (Wildman–Crippen MR) is 54.6 cm³/mol. The first-order valence-corrected chi connectivity index (χ1v) is 5.53. The van der Waals surface area contributed by atoms with Crippen LogP contribution in [0.3, 0.4) is 0 Å². The molecule has 1 aromatic rings. The maximum Gasteiger partial charge on any atom is 0.0537 e.